The molecule has 1 rings (SSSR count). The molecule has 0 bridgehead atoms. The summed E-state index contributed by atoms with van der Waals surface area (Å²) >= 11 is 0. The van der Waals surface area contributed by atoms with Gasteiger partial charge in [-0.2, -0.15) is 0 Å². The van der Waals surface area contributed by atoms with Crippen molar-refractivity contribution >= 4 is 0 Å². The Morgan fingerprint density at radius 2 is 1.20 bits per heavy atom. The van der Waals surface area contributed by atoms with E-state index in [1.807, 2.05) is 27.7 Å². The van der Waals surface area contributed by atoms with Crippen molar-refractivity contribution < 1.29 is 0 Å². The smallest absolute Gasteiger partial charge is 0.00148 e. The Labute approximate surface area is 97.2 Å². The Morgan fingerprint density at radius 1 is 0.867 bits per heavy atom. The Hall–Kier alpha value is -0.0800. The van der Waals surface area contributed by atoms with E-state index in [-0.39, 0.29) is 0 Å². The lowest BCUT2D eigenvalue weighted by Gasteiger charge is -2.30. The van der Waals surface area contributed by atoms with E-state index >= 15 is 0 Å². The lowest BCUT2D eigenvalue weighted by Crippen LogP contribution is -2.45. The molecule has 0 unspecified atom stereocenters. The quantitative estimate of drug-likeness (QED) is 0.650. The molecule has 0 saturated carbocycles. The third-order valence-corrected chi connectivity index (χ3v) is 2.19. The van der Waals surface area contributed by atoms with Crippen LogP contribution in [0.25, 0.3) is 0 Å². The van der Waals surface area contributed by atoms with Gasteiger partial charge in [0.15, 0.2) is 0 Å². The molecule has 1 aliphatic heterocycles. The van der Waals surface area contributed by atoms with Crippen molar-refractivity contribution in [3.8, 4) is 0 Å². The number of hydrogen-bond acceptors (Lipinski definition) is 2. The van der Waals surface area contributed by atoms with Crippen LogP contribution in [0.2, 0.25) is 0 Å². The molecule has 1 heterocycles. The number of rotatable bonds is 0. The van der Waals surface area contributed by atoms with Crippen molar-refractivity contribution in [2.24, 2.45) is 11.3 Å². The second-order valence-electron chi connectivity index (χ2n) is 4.53. The fourth-order valence-corrected chi connectivity index (χ4v) is 1.45. The van der Waals surface area contributed by atoms with Crippen molar-refractivity contribution in [3.05, 3.63) is 0 Å². The van der Waals surface area contributed by atoms with Crippen molar-refractivity contribution in [1.29, 1.82) is 0 Å². The average molecular weight is 216 g/mol. The molecule has 0 radical (unpaired) electrons. The minimum absolute atomic E-state index is 0.417. The molecule has 0 amide bonds. The van der Waals surface area contributed by atoms with E-state index in [1.54, 1.807) is 0 Å². The Bertz CT molecular complexity index is 110. The zero-order valence-electron chi connectivity index (χ0n) is 11.9. The maximum absolute atomic E-state index is 3.49. The predicted molar refractivity (Wildman–Crippen MR) is 71.4 cm³/mol. The zero-order chi connectivity index (χ0) is 12.3. The molecule has 0 aromatic carbocycles. The summed E-state index contributed by atoms with van der Waals surface area (Å²) < 4.78 is 0. The molecular weight excluding hydrogens is 184 g/mol. The van der Waals surface area contributed by atoms with Crippen LogP contribution < -0.4 is 10.6 Å². The molecule has 1 aliphatic rings. The van der Waals surface area contributed by atoms with E-state index in [4.69, 9.17) is 0 Å². The van der Waals surface area contributed by atoms with Crippen LogP contribution in [-0.4, -0.2) is 26.2 Å². The van der Waals surface area contributed by atoms with Gasteiger partial charge in [0.05, 0.1) is 0 Å². The second-order valence-corrected chi connectivity index (χ2v) is 4.53. The van der Waals surface area contributed by atoms with Gasteiger partial charge in [0.25, 0.3) is 0 Å². The van der Waals surface area contributed by atoms with E-state index in [1.165, 1.54) is 0 Å². The molecule has 1 saturated heterocycles. The van der Waals surface area contributed by atoms with Gasteiger partial charge in [-0.05, 0) is 24.4 Å². The highest BCUT2D eigenvalue weighted by molar-refractivity contribution is 4.78. The Balaban J connectivity index is 0. The number of hydrogen-bond donors (Lipinski definition) is 2. The average Bonchev–Trinajstić information content (AvgIpc) is 2.21. The lowest BCUT2D eigenvalue weighted by molar-refractivity contribution is 0.278. The van der Waals surface area contributed by atoms with Crippen LogP contribution in [-0.2, 0) is 0 Å². The highest BCUT2D eigenvalue weighted by Crippen LogP contribution is 2.13. The van der Waals surface area contributed by atoms with Gasteiger partial charge in [-0.1, -0.05) is 48.5 Å². The monoisotopic (exact) mass is 216 g/mol. The molecule has 94 valence electrons. The van der Waals surface area contributed by atoms with Gasteiger partial charge in [0, 0.05) is 13.1 Å². The maximum atomic E-state index is 3.49. The van der Waals surface area contributed by atoms with E-state index in [2.05, 4.69) is 31.4 Å². The van der Waals surface area contributed by atoms with Crippen LogP contribution >= 0.6 is 0 Å². The summed E-state index contributed by atoms with van der Waals surface area (Å²) in [6, 6.07) is 0. The summed E-state index contributed by atoms with van der Waals surface area (Å²) in [5.74, 6) is 0.770. The first-order valence-corrected chi connectivity index (χ1v) is 6.52. The SMILES string of the molecule is CC.CC.CC1CNCC(C)(C)CNC1. The molecular formula is C13H32N2. The predicted octanol–water partition coefficient (Wildman–Crippen LogP) is 2.89. The van der Waals surface area contributed by atoms with Crippen LogP contribution in [0.4, 0.5) is 0 Å². The van der Waals surface area contributed by atoms with E-state index < -0.39 is 0 Å². The lowest BCUT2D eigenvalue weighted by atomic mass is 9.92. The normalized spacial score (nSPS) is 21.0. The van der Waals surface area contributed by atoms with Crippen molar-refractivity contribution in [1.82, 2.24) is 10.6 Å². The van der Waals surface area contributed by atoms with Crippen LogP contribution in [0, 0.1) is 11.3 Å². The summed E-state index contributed by atoms with van der Waals surface area (Å²) in [4.78, 5) is 0. The first-order chi connectivity index (χ1) is 7.10. The van der Waals surface area contributed by atoms with Crippen molar-refractivity contribution in [3.63, 3.8) is 0 Å². The summed E-state index contributed by atoms with van der Waals surface area (Å²) in [6.45, 7) is 19.4. The van der Waals surface area contributed by atoms with Crippen LogP contribution in [0.1, 0.15) is 48.5 Å². The standard InChI is InChI=1S/C9H20N2.2C2H6/c1-8-4-10-6-9(2,3)7-11-5-8;2*1-2/h8,10-11H,4-7H2,1-3H3;2*1-2H3. The highest BCUT2D eigenvalue weighted by atomic mass is 15.0. The molecule has 0 aliphatic carbocycles. The van der Waals surface area contributed by atoms with E-state index in [0.717, 1.165) is 32.1 Å². The largest absolute Gasteiger partial charge is 0.316 e. The minimum Gasteiger partial charge on any atom is -0.316 e. The summed E-state index contributed by atoms with van der Waals surface area (Å²) in [7, 11) is 0. The maximum Gasteiger partial charge on any atom is 0.00148 e. The molecule has 15 heavy (non-hydrogen) atoms. The topological polar surface area (TPSA) is 24.1 Å². The van der Waals surface area contributed by atoms with E-state index in [0.29, 0.717) is 5.41 Å². The molecule has 1 fully saturated rings. The zero-order valence-corrected chi connectivity index (χ0v) is 11.9. The Kier molecular flexibility index (Phi) is 12.1. The summed E-state index contributed by atoms with van der Waals surface area (Å²) in [5.41, 5.74) is 0.417. The van der Waals surface area contributed by atoms with Crippen LogP contribution in [0.15, 0.2) is 0 Å². The first-order valence-electron chi connectivity index (χ1n) is 6.52. The second kappa shape index (κ2) is 10.4. The van der Waals surface area contributed by atoms with E-state index in [9.17, 15) is 0 Å². The van der Waals surface area contributed by atoms with Crippen molar-refractivity contribution in [2.75, 3.05) is 26.2 Å². The van der Waals surface area contributed by atoms with Gasteiger partial charge >= 0.3 is 0 Å². The van der Waals surface area contributed by atoms with Gasteiger partial charge in [0.2, 0.25) is 0 Å². The van der Waals surface area contributed by atoms with Crippen LogP contribution in [0.5, 0.6) is 0 Å². The fourth-order valence-electron chi connectivity index (χ4n) is 1.45. The third kappa shape index (κ3) is 10.2. The van der Waals surface area contributed by atoms with Gasteiger partial charge < -0.3 is 10.6 Å². The molecule has 0 aromatic rings. The third-order valence-electron chi connectivity index (χ3n) is 2.19. The molecule has 0 atom stereocenters. The molecule has 2 N–H and O–H groups in total. The van der Waals surface area contributed by atoms with Crippen molar-refractivity contribution in [2.45, 2.75) is 48.5 Å². The van der Waals surface area contributed by atoms with Gasteiger partial charge in [0.1, 0.15) is 0 Å². The molecule has 0 spiro atoms. The van der Waals surface area contributed by atoms with Crippen LogP contribution in [0.3, 0.4) is 0 Å². The molecule has 0 aromatic heterocycles. The minimum atomic E-state index is 0.417. The Morgan fingerprint density at radius 3 is 1.53 bits per heavy atom. The fraction of sp³-hybridized carbons (Fsp3) is 1.00. The summed E-state index contributed by atoms with van der Waals surface area (Å²) in [6.07, 6.45) is 0. The van der Waals surface area contributed by atoms with Gasteiger partial charge in [-0.25, -0.2) is 0 Å². The highest BCUT2D eigenvalue weighted by Gasteiger charge is 2.19. The summed E-state index contributed by atoms with van der Waals surface area (Å²) in [5, 5.41) is 6.97. The number of nitrogens with one attached hydrogen (secondary N) is 2. The molecule has 2 nitrogen and oxygen atoms in total. The first kappa shape index (κ1) is 17.3. The van der Waals surface area contributed by atoms with Gasteiger partial charge in [-0.3, -0.25) is 0 Å². The van der Waals surface area contributed by atoms with Gasteiger partial charge in [-0.15, -0.1) is 0 Å². The molecule has 2 heteroatoms.